The van der Waals surface area contributed by atoms with Gasteiger partial charge in [-0.3, -0.25) is 9.78 Å². The molecule has 0 saturated carbocycles. The maximum atomic E-state index is 12.4. The van der Waals surface area contributed by atoms with Crippen LogP contribution >= 0.6 is 15.9 Å². The summed E-state index contributed by atoms with van der Waals surface area (Å²) in [5.41, 5.74) is 0.279. The van der Waals surface area contributed by atoms with Gasteiger partial charge in [0.05, 0.1) is 12.1 Å². The van der Waals surface area contributed by atoms with E-state index in [0.717, 1.165) is 0 Å². The molecule has 0 atom stereocenters. The molecular formula is C9H8BrF2NO2. The number of aryl methyl sites for hydroxylation is 1. The maximum Gasteiger partial charge on any atom is 0.309 e. The monoisotopic (exact) mass is 279 g/mol. The summed E-state index contributed by atoms with van der Waals surface area (Å²) in [4.78, 5) is 14.1. The number of aliphatic carboxylic acids is 1. The number of carboxylic acids is 1. The number of rotatable bonds is 3. The number of halogens is 3. The third kappa shape index (κ3) is 2.95. The first-order chi connectivity index (χ1) is 6.91. The molecular weight excluding hydrogens is 272 g/mol. The minimum Gasteiger partial charge on any atom is -0.481 e. The standard InChI is InChI=1S/C9H8BrF2NO2/c1-4-2-6(9(11)12)13-5(8(4)10)3-7(14)15/h2,9H,3H2,1H3,(H,14,15). The van der Waals surface area contributed by atoms with E-state index in [-0.39, 0.29) is 12.1 Å². The van der Waals surface area contributed by atoms with Crippen molar-refractivity contribution >= 4 is 21.9 Å². The summed E-state index contributed by atoms with van der Waals surface area (Å²) in [5, 5.41) is 8.56. The van der Waals surface area contributed by atoms with Crippen LogP contribution in [-0.2, 0) is 11.2 Å². The van der Waals surface area contributed by atoms with Crippen LogP contribution in [-0.4, -0.2) is 16.1 Å². The molecule has 1 rings (SSSR count). The Morgan fingerprint density at radius 2 is 2.27 bits per heavy atom. The lowest BCUT2D eigenvalue weighted by molar-refractivity contribution is -0.136. The molecule has 1 aromatic heterocycles. The van der Waals surface area contributed by atoms with Crippen LogP contribution in [0.4, 0.5) is 8.78 Å². The van der Waals surface area contributed by atoms with Crippen molar-refractivity contribution in [3.63, 3.8) is 0 Å². The number of hydrogen-bond acceptors (Lipinski definition) is 2. The zero-order valence-electron chi connectivity index (χ0n) is 7.80. The Morgan fingerprint density at radius 1 is 1.67 bits per heavy atom. The van der Waals surface area contributed by atoms with Gasteiger partial charge in [0.25, 0.3) is 6.43 Å². The Bertz CT molecular complexity index is 396. The van der Waals surface area contributed by atoms with Crippen molar-refractivity contribution < 1.29 is 18.7 Å². The van der Waals surface area contributed by atoms with Crippen LogP contribution in [0.5, 0.6) is 0 Å². The van der Waals surface area contributed by atoms with Crippen molar-refractivity contribution in [2.75, 3.05) is 0 Å². The SMILES string of the molecule is Cc1cc(C(F)F)nc(CC(=O)O)c1Br. The van der Waals surface area contributed by atoms with Gasteiger partial charge in [-0.25, -0.2) is 8.78 Å². The highest BCUT2D eigenvalue weighted by Crippen LogP contribution is 2.25. The third-order valence-electron chi connectivity index (χ3n) is 1.77. The maximum absolute atomic E-state index is 12.4. The van der Waals surface area contributed by atoms with E-state index >= 15 is 0 Å². The lowest BCUT2D eigenvalue weighted by Crippen LogP contribution is -2.06. The predicted octanol–water partition coefficient (Wildman–Crippen LogP) is 2.72. The molecule has 0 amide bonds. The van der Waals surface area contributed by atoms with Gasteiger partial charge in [0.2, 0.25) is 0 Å². The van der Waals surface area contributed by atoms with E-state index in [1.165, 1.54) is 6.07 Å². The Hall–Kier alpha value is -1.04. The molecule has 0 radical (unpaired) electrons. The van der Waals surface area contributed by atoms with E-state index in [1.807, 2.05) is 0 Å². The van der Waals surface area contributed by atoms with Crippen LogP contribution in [0.25, 0.3) is 0 Å². The van der Waals surface area contributed by atoms with Crippen molar-refractivity contribution in [1.29, 1.82) is 0 Å². The van der Waals surface area contributed by atoms with Gasteiger partial charge in [0.15, 0.2) is 0 Å². The highest BCUT2D eigenvalue weighted by atomic mass is 79.9. The molecule has 1 heterocycles. The zero-order valence-corrected chi connectivity index (χ0v) is 9.38. The molecule has 0 aliphatic heterocycles. The molecule has 0 saturated heterocycles. The molecule has 0 aliphatic carbocycles. The molecule has 0 aliphatic rings. The van der Waals surface area contributed by atoms with Crippen LogP contribution in [0.2, 0.25) is 0 Å². The molecule has 0 bridgehead atoms. The van der Waals surface area contributed by atoms with Gasteiger partial charge in [0, 0.05) is 4.47 Å². The van der Waals surface area contributed by atoms with Crippen LogP contribution in [0.3, 0.4) is 0 Å². The summed E-state index contributed by atoms with van der Waals surface area (Å²) in [7, 11) is 0. The molecule has 15 heavy (non-hydrogen) atoms. The van der Waals surface area contributed by atoms with Gasteiger partial charge >= 0.3 is 5.97 Å². The summed E-state index contributed by atoms with van der Waals surface area (Å²) in [6.07, 6.45) is -3.06. The Kier molecular flexibility index (Phi) is 3.73. The molecule has 6 heteroatoms. The first kappa shape index (κ1) is 12.0. The number of hydrogen-bond donors (Lipinski definition) is 1. The van der Waals surface area contributed by atoms with Gasteiger partial charge in [0.1, 0.15) is 5.69 Å². The average molecular weight is 280 g/mol. The summed E-state index contributed by atoms with van der Waals surface area (Å²) in [6, 6.07) is 1.24. The van der Waals surface area contributed by atoms with Gasteiger partial charge in [-0.2, -0.15) is 0 Å². The van der Waals surface area contributed by atoms with E-state index in [4.69, 9.17) is 5.11 Å². The fourth-order valence-electron chi connectivity index (χ4n) is 1.12. The van der Waals surface area contributed by atoms with Crippen molar-refractivity contribution in [2.24, 2.45) is 0 Å². The average Bonchev–Trinajstić information content (AvgIpc) is 2.11. The number of nitrogens with zero attached hydrogens (tertiary/aromatic N) is 1. The van der Waals surface area contributed by atoms with E-state index in [2.05, 4.69) is 20.9 Å². The van der Waals surface area contributed by atoms with Crippen LogP contribution in [0.15, 0.2) is 10.5 Å². The Morgan fingerprint density at radius 3 is 2.73 bits per heavy atom. The smallest absolute Gasteiger partial charge is 0.309 e. The predicted molar refractivity (Wildman–Crippen MR) is 53.0 cm³/mol. The normalized spacial score (nSPS) is 10.7. The van der Waals surface area contributed by atoms with Crippen LogP contribution in [0.1, 0.15) is 23.4 Å². The van der Waals surface area contributed by atoms with Crippen LogP contribution < -0.4 is 0 Å². The van der Waals surface area contributed by atoms with E-state index in [0.29, 0.717) is 10.0 Å². The quantitative estimate of drug-likeness (QED) is 0.926. The van der Waals surface area contributed by atoms with Gasteiger partial charge in [-0.05, 0) is 34.5 Å². The topological polar surface area (TPSA) is 50.2 Å². The Labute approximate surface area is 93.3 Å². The number of alkyl halides is 2. The zero-order chi connectivity index (χ0) is 11.6. The number of carboxylic acid groups (broad SMARTS) is 1. The van der Waals surface area contributed by atoms with Gasteiger partial charge in [-0.1, -0.05) is 0 Å². The second-order valence-electron chi connectivity index (χ2n) is 3.00. The largest absolute Gasteiger partial charge is 0.481 e. The van der Waals surface area contributed by atoms with Crippen molar-refractivity contribution in [2.45, 2.75) is 19.8 Å². The van der Waals surface area contributed by atoms with Gasteiger partial charge < -0.3 is 5.11 Å². The summed E-state index contributed by atoms with van der Waals surface area (Å²) < 4.78 is 25.2. The van der Waals surface area contributed by atoms with Crippen molar-refractivity contribution in [3.05, 3.63) is 27.5 Å². The second kappa shape index (κ2) is 4.65. The highest BCUT2D eigenvalue weighted by Gasteiger charge is 2.15. The molecule has 3 nitrogen and oxygen atoms in total. The lowest BCUT2D eigenvalue weighted by atomic mass is 10.2. The van der Waals surface area contributed by atoms with Gasteiger partial charge in [-0.15, -0.1) is 0 Å². The van der Waals surface area contributed by atoms with E-state index < -0.39 is 18.1 Å². The minimum absolute atomic E-state index is 0.123. The molecule has 0 spiro atoms. The first-order valence-corrected chi connectivity index (χ1v) is 4.87. The van der Waals surface area contributed by atoms with E-state index in [1.54, 1.807) is 6.92 Å². The third-order valence-corrected chi connectivity index (χ3v) is 2.85. The Balaban J connectivity index is 3.18. The summed E-state index contributed by atoms with van der Waals surface area (Å²) in [5.74, 6) is -1.10. The second-order valence-corrected chi connectivity index (χ2v) is 3.79. The van der Waals surface area contributed by atoms with E-state index in [9.17, 15) is 13.6 Å². The van der Waals surface area contributed by atoms with Crippen LogP contribution in [0, 0.1) is 6.92 Å². The van der Waals surface area contributed by atoms with Crippen molar-refractivity contribution in [1.82, 2.24) is 4.98 Å². The molecule has 0 unspecified atom stereocenters. The minimum atomic E-state index is -2.69. The summed E-state index contributed by atoms with van der Waals surface area (Å²) in [6.45, 7) is 1.61. The molecule has 0 fully saturated rings. The molecule has 1 aromatic rings. The first-order valence-electron chi connectivity index (χ1n) is 4.07. The fraction of sp³-hybridized carbons (Fsp3) is 0.333. The highest BCUT2D eigenvalue weighted by molar-refractivity contribution is 9.10. The lowest BCUT2D eigenvalue weighted by Gasteiger charge is -2.07. The molecule has 0 aromatic carbocycles. The molecule has 82 valence electrons. The van der Waals surface area contributed by atoms with Crippen molar-refractivity contribution in [3.8, 4) is 0 Å². The fourth-order valence-corrected chi connectivity index (χ4v) is 1.47. The molecule has 1 N–H and O–H groups in total. The summed E-state index contributed by atoms with van der Waals surface area (Å²) >= 11 is 3.12. The number of aromatic nitrogens is 1. The number of carbonyl (C=O) groups is 1. The number of pyridine rings is 1.